The zero-order chi connectivity index (χ0) is 22.2. The molecule has 0 aliphatic carbocycles. The Morgan fingerprint density at radius 2 is 1.84 bits per heavy atom. The van der Waals surface area contributed by atoms with Crippen molar-refractivity contribution in [1.29, 1.82) is 0 Å². The van der Waals surface area contributed by atoms with Gasteiger partial charge >= 0.3 is 0 Å². The van der Waals surface area contributed by atoms with Gasteiger partial charge in [-0.15, -0.1) is 0 Å². The van der Waals surface area contributed by atoms with Crippen molar-refractivity contribution in [3.63, 3.8) is 0 Å². The molecule has 2 aromatic rings. The molecule has 1 aliphatic rings. The van der Waals surface area contributed by atoms with Crippen molar-refractivity contribution < 1.29 is 19.2 Å². The van der Waals surface area contributed by atoms with Crippen LogP contribution < -0.4 is 15.0 Å². The van der Waals surface area contributed by atoms with Gasteiger partial charge < -0.3 is 15.0 Å². The summed E-state index contributed by atoms with van der Waals surface area (Å²) in [4.78, 5) is 26.0. The Balaban J connectivity index is 1.77. The van der Waals surface area contributed by atoms with Crippen molar-refractivity contribution in [2.24, 2.45) is 5.10 Å². The molecule has 0 saturated carbocycles. The summed E-state index contributed by atoms with van der Waals surface area (Å²) in [6.45, 7) is 3.10. The molecule has 1 unspecified atom stereocenters. The van der Waals surface area contributed by atoms with Crippen LogP contribution in [-0.4, -0.2) is 56.3 Å². The zero-order valence-electron chi connectivity index (χ0n) is 18.4. The van der Waals surface area contributed by atoms with E-state index in [9.17, 15) is 9.59 Å². The van der Waals surface area contributed by atoms with E-state index >= 15 is 0 Å². The Bertz CT molecular complexity index is 912. The molecule has 2 aromatic carbocycles. The van der Waals surface area contributed by atoms with Gasteiger partial charge in [0.05, 0.1) is 25.9 Å². The SMILES string of the molecule is CCCNC(=O)C[NH+](C)CC(=O)N1N=C(c2ccccc2)C[C@@H]1c1ccc(OC)cc1. The first kappa shape index (κ1) is 22.5. The normalized spacial score (nSPS) is 16.5. The van der Waals surface area contributed by atoms with Crippen molar-refractivity contribution in [3.8, 4) is 5.75 Å². The van der Waals surface area contributed by atoms with Crippen molar-refractivity contribution >= 4 is 17.5 Å². The summed E-state index contributed by atoms with van der Waals surface area (Å²) in [6, 6.07) is 17.5. The highest BCUT2D eigenvalue weighted by Crippen LogP contribution is 2.33. The van der Waals surface area contributed by atoms with E-state index in [1.165, 1.54) is 0 Å². The minimum absolute atomic E-state index is 0.0475. The second kappa shape index (κ2) is 10.7. The number of carbonyl (C=O) groups is 2. The highest BCUT2D eigenvalue weighted by molar-refractivity contribution is 6.03. The molecule has 1 aliphatic heterocycles. The number of carbonyl (C=O) groups excluding carboxylic acids is 2. The lowest BCUT2D eigenvalue weighted by Gasteiger charge is -2.23. The Morgan fingerprint density at radius 3 is 2.48 bits per heavy atom. The van der Waals surface area contributed by atoms with Crippen LogP contribution in [0.5, 0.6) is 5.75 Å². The lowest BCUT2D eigenvalue weighted by Crippen LogP contribution is -3.11. The smallest absolute Gasteiger partial charge is 0.298 e. The number of nitrogens with zero attached hydrogens (tertiary/aromatic N) is 2. The fourth-order valence-electron chi connectivity index (χ4n) is 3.63. The van der Waals surface area contributed by atoms with Crippen LogP contribution in [-0.2, 0) is 9.59 Å². The van der Waals surface area contributed by atoms with Crippen molar-refractivity contribution in [3.05, 3.63) is 65.7 Å². The van der Waals surface area contributed by atoms with E-state index in [-0.39, 0.29) is 30.9 Å². The van der Waals surface area contributed by atoms with E-state index in [1.807, 2.05) is 68.6 Å². The molecule has 0 radical (unpaired) electrons. The Hall–Kier alpha value is -3.19. The third-order valence-corrected chi connectivity index (χ3v) is 5.26. The van der Waals surface area contributed by atoms with Gasteiger partial charge in [-0.05, 0) is 29.7 Å². The van der Waals surface area contributed by atoms with Crippen LogP contribution in [0.3, 0.4) is 0 Å². The summed E-state index contributed by atoms with van der Waals surface area (Å²) in [5.74, 6) is 0.618. The van der Waals surface area contributed by atoms with Crippen LogP contribution >= 0.6 is 0 Å². The number of likely N-dealkylation sites (N-methyl/N-ethyl adjacent to an activating group) is 1. The molecule has 164 valence electrons. The van der Waals surface area contributed by atoms with Gasteiger partial charge in [0, 0.05) is 13.0 Å². The molecular weight excluding hydrogens is 392 g/mol. The highest BCUT2D eigenvalue weighted by Gasteiger charge is 2.34. The third kappa shape index (κ3) is 5.92. The quantitative estimate of drug-likeness (QED) is 0.641. The van der Waals surface area contributed by atoms with E-state index in [0.29, 0.717) is 13.0 Å². The molecule has 2 N–H and O–H groups in total. The molecule has 3 rings (SSSR count). The van der Waals surface area contributed by atoms with Crippen LogP contribution in [0.4, 0.5) is 0 Å². The molecule has 2 atom stereocenters. The standard InChI is InChI=1S/C24H30N4O3/c1-4-14-25-23(29)16-27(2)17-24(30)28-22(19-10-12-20(31-3)13-11-19)15-21(26-28)18-8-6-5-7-9-18/h5-13,22H,4,14-17H2,1-3H3,(H,25,29)/p+1/t22-/m1/s1. The number of nitrogens with one attached hydrogen (secondary N) is 2. The van der Waals surface area contributed by atoms with Crippen LogP contribution in [0.1, 0.15) is 36.9 Å². The van der Waals surface area contributed by atoms with E-state index < -0.39 is 0 Å². The maximum atomic E-state index is 13.2. The number of hydrazone groups is 1. The number of ether oxygens (including phenoxy) is 1. The van der Waals surface area contributed by atoms with Gasteiger partial charge in [-0.1, -0.05) is 49.4 Å². The Morgan fingerprint density at radius 1 is 1.13 bits per heavy atom. The number of quaternary nitrogens is 1. The number of benzene rings is 2. The fourth-order valence-corrected chi connectivity index (χ4v) is 3.63. The van der Waals surface area contributed by atoms with Gasteiger partial charge in [0.15, 0.2) is 13.1 Å². The van der Waals surface area contributed by atoms with Gasteiger partial charge in [-0.25, -0.2) is 5.01 Å². The number of hydrogen-bond acceptors (Lipinski definition) is 4. The molecule has 0 aromatic heterocycles. The lowest BCUT2D eigenvalue weighted by molar-refractivity contribution is -0.863. The number of rotatable bonds is 9. The highest BCUT2D eigenvalue weighted by atomic mass is 16.5. The predicted molar refractivity (Wildman–Crippen MR) is 120 cm³/mol. The van der Waals surface area contributed by atoms with Crippen LogP contribution in [0.15, 0.2) is 59.7 Å². The second-order valence-corrected chi connectivity index (χ2v) is 7.80. The summed E-state index contributed by atoms with van der Waals surface area (Å²) < 4.78 is 5.26. The average molecular weight is 424 g/mol. The van der Waals surface area contributed by atoms with E-state index in [1.54, 1.807) is 12.1 Å². The van der Waals surface area contributed by atoms with Gasteiger partial charge in [0.2, 0.25) is 0 Å². The molecule has 0 saturated heterocycles. The van der Waals surface area contributed by atoms with Gasteiger partial charge in [0.25, 0.3) is 11.8 Å². The Kier molecular flexibility index (Phi) is 7.78. The fraction of sp³-hybridized carbons (Fsp3) is 0.375. The summed E-state index contributed by atoms with van der Waals surface area (Å²) in [7, 11) is 3.48. The maximum absolute atomic E-state index is 13.2. The van der Waals surface area contributed by atoms with Crippen LogP contribution in [0.25, 0.3) is 0 Å². The minimum Gasteiger partial charge on any atom is -0.497 e. The predicted octanol–water partition coefficient (Wildman–Crippen LogP) is 1.41. The average Bonchev–Trinajstić information content (AvgIpc) is 3.24. The largest absolute Gasteiger partial charge is 0.497 e. The van der Waals surface area contributed by atoms with E-state index in [4.69, 9.17) is 9.84 Å². The number of hydrogen-bond donors (Lipinski definition) is 2. The maximum Gasteiger partial charge on any atom is 0.298 e. The molecule has 1 heterocycles. The summed E-state index contributed by atoms with van der Waals surface area (Å²) in [5, 5.41) is 9.13. The Labute approximate surface area is 183 Å². The molecule has 7 nitrogen and oxygen atoms in total. The zero-order valence-corrected chi connectivity index (χ0v) is 18.4. The van der Waals surface area contributed by atoms with Gasteiger partial charge in [-0.2, -0.15) is 5.10 Å². The van der Waals surface area contributed by atoms with Crippen LogP contribution in [0, 0.1) is 0 Å². The van der Waals surface area contributed by atoms with Crippen molar-refractivity contribution in [1.82, 2.24) is 10.3 Å². The molecule has 31 heavy (non-hydrogen) atoms. The minimum atomic E-state index is -0.185. The first-order valence-electron chi connectivity index (χ1n) is 10.7. The number of amides is 2. The summed E-state index contributed by atoms with van der Waals surface area (Å²) in [5.41, 5.74) is 2.89. The molecule has 0 spiro atoms. The first-order chi connectivity index (χ1) is 15.0. The third-order valence-electron chi connectivity index (χ3n) is 5.26. The van der Waals surface area contributed by atoms with Gasteiger partial charge in [-0.3, -0.25) is 9.59 Å². The molecular formula is C24H31N4O3+. The van der Waals surface area contributed by atoms with Gasteiger partial charge in [0.1, 0.15) is 5.75 Å². The van der Waals surface area contributed by atoms with Crippen molar-refractivity contribution in [2.75, 3.05) is 33.8 Å². The topological polar surface area (TPSA) is 75.4 Å². The number of methoxy groups -OCH3 is 1. The van der Waals surface area contributed by atoms with Crippen molar-refractivity contribution in [2.45, 2.75) is 25.8 Å². The summed E-state index contributed by atoms with van der Waals surface area (Å²) >= 11 is 0. The molecule has 2 amide bonds. The summed E-state index contributed by atoms with van der Waals surface area (Å²) in [6.07, 6.45) is 1.52. The monoisotopic (exact) mass is 423 g/mol. The molecule has 0 fully saturated rings. The van der Waals surface area contributed by atoms with E-state index in [2.05, 4.69) is 5.32 Å². The first-order valence-corrected chi connectivity index (χ1v) is 10.7. The second-order valence-electron chi connectivity index (χ2n) is 7.80. The molecule has 0 bridgehead atoms. The van der Waals surface area contributed by atoms with E-state index in [0.717, 1.165) is 33.9 Å². The lowest BCUT2D eigenvalue weighted by atomic mass is 9.98. The van der Waals surface area contributed by atoms with Crippen LogP contribution in [0.2, 0.25) is 0 Å². The molecule has 7 heteroatoms.